The molecule has 88 valence electrons. The molecule has 0 aliphatic heterocycles. The van der Waals surface area contributed by atoms with Crippen molar-refractivity contribution in [3.63, 3.8) is 0 Å². The highest BCUT2D eigenvalue weighted by atomic mass is 35.5. The maximum absolute atomic E-state index is 11.3. The number of rotatable bonds is 4. The number of esters is 2. The number of hydrogen-bond donors (Lipinski definition) is 0. The highest BCUT2D eigenvalue weighted by Gasteiger charge is 2.14. The molecule has 0 radical (unpaired) electrons. The lowest BCUT2D eigenvalue weighted by Gasteiger charge is -2.14. The summed E-state index contributed by atoms with van der Waals surface area (Å²) >= 11 is 0. The molecule has 6 heteroatoms. The van der Waals surface area contributed by atoms with Crippen LogP contribution < -0.4 is 0 Å². The number of carbonyl (C=O) groups excluding carboxylic acids is 2. The van der Waals surface area contributed by atoms with Crippen molar-refractivity contribution in [1.82, 2.24) is 4.90 Å². The standard InChI is InChI=1S/C9H15NO4.ClH/c1-5-14-9(12)7(10(2)3)6-8(11)13-4;/h6H,5H2,1-4H3;1H/b7-6-;. The van der Waals surface area contributed by atoms with Gasteiger partial charge in [0.2, 0.25) is 0 Å². The van der Waals surface area contributed by atoms with Gasteiger partial charge in [-0.05, 0) is 6.92 Å². The number of hydrogen-bond acceptors (Lipinski definition) is 5. The Morgan fingerprint density at radius 3 is 2.20 bits per heavy atom. The van der Waals surface area contributed by atoms with Gasteiger partial charge in [-0.25, -0.2) is 9.59 Å². The molecule has 0 atom stereocenters. The Balaban J connectivity index is 0. The van der Waals surface area contributed by atoms with Crippen molar-refractivity contribution < 1.29 is 19.1 Å². The fourth-order valence-electron chi connectivity index (χ4n) is 0.746. The van der Waals surface area contributed by atoms with Crippen molar-refractivity contribution in [2.45, 2.75) is 6.92 Å². The lowest BCUT2D eigenvalue weighted by Crippen LogP contribution is -2.22. The molecule has 0 N–H and O–H groups in total. The van der Waals surface area contributed by atoms with Gasteiger partial charge < -0.3 is 14.4 Å². The maximum atomic E-state index is 11.3. The predicted molar refractivity (Wildman–Crippen MR) is 57.7 cm³/mol. The molecule has 0 aliphatic rings. The Labute approximate surface area is 95.4 Å². The summed E-state index contributed by atoms with van der Waals surface area (Å²) in [7, 11) is 4.54. The Morgan fingerprint density at radius 1 is 1.33 bits per heavy atom. The van der Waals surface area contributed by atoms with Crippen molar-refractivity contribution in [2.24, 2.45) is 0 Å². The smallest absolute Gasteiger partial charge is 0.354 e. The summed E-state index contributed by atoms with van der Waals surface area (Å²) in [5, 5.41) is 0. The van der Waals surface area contributed by atoms with Crippen molar-refractivity contribution in [1.29, 1.82) is 0 Å². The Morgan fingerprint density at radius 2 is 1.87 bits per heavy atom. The lowest BCUT2D eigenvalue weighted by molar-refractivity contribution is -0.141. The van der Waals surface area contributed by atoms with Crippen molar-refractivity contribution >= 4 is 24.3 Å². The highest BCUT2D eigenvalue weighted by molar-refractivity contribution is 5.95. The number of halogens is 1. The molecular weight excluding hydrogens is 222 g/mol. The average molecular weight is 238 g/mol. The van der Waals surface area contributed by atoms with Crippen LogP contribution in [0.5, 0.6) is 0 Å². The lowest BCUT2D eigenvalue weighted by atomic mass is 10.3. The van der Waals surface area contributed by atoms with Gasteiger partial charge >= 0.3 is 11.9 Å². The fourth-order valence-corrected chi connectivity index (χ4v) is 0.746. The minimum Gasteiger partial charge on any atom is -0.466 e. The molecule has 0 aromatic rings. The molecular formula is C9H16ClNO4. The Kier molecular flexibility index (Phi) is 8.76. The van der Waals surface area contributed by atoms with E-state index in [0.717, 1.165) is 6.08 Å². The van der Waals surface area contributed by atoms with Gasteiger partial charge in [-0.2, -0.15) is 0 Å². The minimum atomic E-state index is -0.582. The summed E-state index contributed by atoms with van der Waals surface area (Å²) in [5.74, 6) is -1.12. The van der Waals surface area contributed by atoms with E-state index in [-0.39, 0.29) is 24.7 Å². The molecule has 0 saturated heterocycles. The molecule has 0 aromatic carbocycles. The summed E-state index contributed by atoms with van der Waals surface area (Å²) in [6.07, 6.45) is 1.10. The molecule has 0 unspecified atom stereocenters. The van der Waals surface area contributed by atoms with Crippen LogP contribution in [0.1, 0.15) is 6.92 Å². The van der Waals surface area contributed by atoms with Crippen molar-refractivity contribution in [3.8, 4) is 0 Å². The first-order valence-corrected chi connectivity index (χ1v) is 4.17. The Hall–Kier alpha value is -1.23. The van der Waals surface area contributed by atoms with E-state index < -0.39 is 11.9 Å². The predicted octanol–water partition coefficient (Wildman–Crippen LogP) is 0.590. The summed E-state index contributed by atoms with van der Waals surface area (Å²) in [4.78, 5) is 23.7. The Bertz CT molecular complexity index is 250. The van der Waals surface area contributed by atoms with Crippen molar-refractivity contribution in [2.75, 3.05) is 27.8 Å². The number of ether oxygens (including phenoxy) is 2. The molecule has 0 bridgehead atoms. The van der Waals surface area contributed by atoms with E-state index in [4.69, 9.17) is 4.74 Å². The second-order valence-corrected chi connectivity index (χ2v) is 2.67. The fraction of sp³-hybridized carbons (Fsp3) is 0.556. The molecule has 0 spiro atoms. The van der Waals surface area contributed by atoms with E-state index in [9.17, 15) is 9.59 Å². The van der Waals surface area contributed by atoms with Gasteiger partial charge in [-0.3, -0.25) is 0 Å². The van der Waals surface area contributed by atoms with E-state index in [0.29, 0.717) is 0 Å². The van der Waals surface area contributed by atoms with Gasteiger partial charge in [0, 0.05) is 14.1 Å². The maximum Gasteiger partial charge on any atom is 0.354 e. The molecule has 0 aliphatic carbocycles. The summed E-state index contributed by atoms with van der Waals surface area (Å²) < 4.78 is 9.16. The van der Waals surface area contributed by atoms with E-state index >= 15 is 0 Å². The van der Waals surface area contributed by atoms with Crippen LogP contribution in [0.3, 0.4) is 0 Å². The first-order valence-electron chi connectivity index (χ1n) is 4.17. The van der Waals surface area contributed by atoms with Gasteiger partial charge in [-0.1, -0.05) is 0 Å². The third kappa shape index (κ3) is 5.96. The first-order chi connectivity index (χ1) is 6.52. The second-order valence-electron chi connectivity index (χ2n) is 2.67. The molecule has 5 nitrogen and oxygen atoms in total. The van der Waals surface area contributed by atoms with Crippen LogP contribution in [0.4, 0.5) is 0 Å². The van der Waals surface area contributed by atoms with Gasteiger partial charge in [0.1, 0.15) is 5.70 Å². The molecule has 0 rings (SSSR count). The van der Waals surface area contributed by atoms with Gasteiger partial charge in [0.25, 0.3) is 0 Å². The van der Waals surface area contributed by atoms with Gasteiger partial charge in [0.15, 0.2) is 0 Å². The monoisotopic (exact) mass is 237 g/mol. The average Bonchev–Trinajstić information content (AvgIpc) is 2.13. The summed E-state index contributed by atoms with van der Waals surface area (Å²) in [6, 6.07) is 0. The van der Waals surface area contributed by atoms with Crippen LogP contribution in [0, 0.1) is 0 Å². The second kappa shape index (κ2) is 8.11. The molecule has 0 amide bonds. The van der Waals surface area contributed by atoms with E-state index in [1.807, 2.05) is 0 Å². The van der Waals surface area contributed by atoms with Crippen LogP contribution in [-0.2, 0) is 19.1 Å². The van der Waals surface area contributed by atoms with Crippen LogP contribution in [-0.4, -0.2) is 44.7 Å². The van der Waals surface area contributed by atoms with Crippen LogP contribution in [0.25, 0.3) is 0 Å². The number of nitrogens with zero attached hydrogens (tertiary/aromatic N) is 1. The van der Waals surface area contributed by atoms with E-state index in [2.05, 4.69) is 4.74 Å². The zero-order valence-electron chi connectivity index (χ0n) is 9.27. The molecule has 0 aromatic heterocycles. The SMILES string of the molecule is CCOC(=O)/C(=C/C(=O)OC)N(C)C.Cl. The minimum absolute atomic E-state index is 0. The van der Waals surface area contributed by atoms with E-state index in [1.165, 1.54) is 12.0 Å². The van der Waals surface area contributed by atoms with E-state index in [1.54, 1.807) is 21.0 Å². The largest absolute Gasteiger partial charge is 0.466 e. The topological polar surface area (TPSA) is 55.8 Å². The third-order valence-electron chi connectivity index (χ3n) is 1.42. The molecule has 15 heavy (non-hydrogen) atoms. The van der Waals surface area contributed by atoms with Gasteiger partial charge in [-0.15, -0.1) is 12.4 Å². The zero-order valence-corrected chi connectivity index (χ0v) is 10.1. The summed E-state index contributed by atoms with van der Waals surface area (Å²) in [6.45, 7) is 1.97. The van der Waals surface area contributed by atoms with Crippen LogP contribution >= 0.6 is 12.4 Å². The third-order valence-corrected chi connectivity index (χ3v) is 1.42. The number of likely N-dealkylation sites (N-methyl/N-ethyl adjacent to an activating group) is 1. The van der Waals surface area contributed by atoms with Gasteiger partial charge in [0.05, 0.1) is 19.8 Å². The first kappa shape index (κ1) is 16.2. The summed E-state index contributed by atoms with van der Waals surface area (Å²) in [5.41, 5.74) is 0.165. The normalized spacial score (nSPS) is 10.0. The quantitative estimate of drug-likeness (QED) is 0.529. The molecule has 0 saturated carbocycles. The zero-order chi connectivity index (χ0) is 11.1. The van der Waals surface area contributed by atoms with Crippen LogP contribution in [0.2, 0.25) is 0 Å². The molecule has 0 fully saturated rings. The number of methoxy groups -OCH3 is 1. The van der Waals surface area contributed by atoms with Crippen LogP contribution in [0.15, 0.2) is 11.8 Å². The highest BCUT2D eigenvalue weighted by Crippen LogP contribution is 2.02. The number of carbonyl (C=O) groups is 2. The molecule has 0 heterocycles. The van der Waals surface area contributed by atoms with Crippen molar-refractivity contribution in [3.05, 3.63) is 11.8 Å².